The molecule has 2 aliphatic rings. The molecule has 1 saturated heterocycles. The molecule has 1 saturated carbocycles. The topological polar surface area (TPSA) is 58.4 Å². The highest BCUT2D eigenvalue weighted by Crippen LogP contribution is 2.30. The van der Waals surface area contributed by atoms with Crippen LogP contribution in [0.25, 0.3) is 11.5 Å². The van der Waals surface area contributed by atoms with E-state index < -0.39 is 0 Å². The maximum absolute atomic E-state index is 12.9. The van der Waals surface area contributed by atoms with Crippen LogP contribution in [-0.2, 0) is 11.3 Å². The lowest BCUT2D eigenvalue weighted by Gasteiger charge is -2.36. The number of oxazole rings is 1. The maximum Gasteiger partial charge on any atom is 0.226 e. The maximum atomic E-state index is 12.9. The fourth-order valence-electron chi connectivity index (χ4n) is 5.15. The minimum Gasteiger partial charge on any atom is -0.441 e. The first-order chi connectivity index (χ1) is 14.9. The second kappa shape index (κ2) is 9.56. The van der Waals surface area contributed by atoms with Crippen molar-refractivity contribution in [3.8, 4) is 11.5 Å². The van der Waals surface area contributed by atoms with Crippen LogP contribution in [0.15, 0.2) is 28.7 Å². The smallest absolute Gasteiger partial charge is 0.226 e. The summed E-state index contributed by atoms with van der Waals surface area (Å²) >= 11 is 0. The molecule has 0 spiro atoms. The molecule has 1 aliphatic heterocycles. The highest BCUT2D eigenvalue weighted by Gasteiger charge is 2.32. The summed E-state index contributed by atoms with van der Waals surface area (Å²) in [7, 11) is 0. The van der Waals surface area contributed by atoms with Crippen LogP contribution in [0.5, 0.6) is 0 Å². The Morgan fingerprint density at radius 2 is 1.87 bits per heavy atom. The third-order valence-corrected chi connectivity index (χ3v) is 7.63. The van der Waals surface area contributed by atoms with Gasteiger partial charge in [-0.2, -0.15) is 0 Å². The molecule has 1 amide bonds. The number of hydrogen-bond donors (Lipinski definition) is 1. The zero-order chi connectivity index (χ0) is 22.0. The number of carbonyl (C=O) groups excluding carboxylic acids is 1. The van der Waals surface area contributed by atoms with Crippen molar-refractivity contribution in [1.29, 1.82) is 0 Å². The molecule has 5 nitrogen and oxygen atoms in total. The number of amides is 1. The molecule has 4 rings (SSSR count). The van der Waals surface area contributed by atoms with E-state index in [2.05, 4.69) is 43.1 Å². The number of aryl methyl sites for hydroxylation is 2. The van der Waals surface area contributed by atoms with E-state index in [1.54, 1.807) is 0 Å². The number of aromatic nitrogens is 1. The van der Waals surface area contributed by atoms with E-state index >= 15 is 0 Å². The molecule has 1 aromatic heterocycles. The van der Waals surface area contributed by atoms with Gasteiger partial charge in [0.05, 0.1) is 5.69 Å². The fourth-order valence-corrected chi connectivity index (χ4v) is 5.15. The van der Waals surface area contributed by atoms with E-state index in [0.717, 1.165) is 55.9 Å². The van der Waals surface area contributed by atoms with E-state index in [-0.39, 0.29) is 11.8 Å². The van der Waals surface area contributed by atoms with Crippen LogP contribution in [0.3, 0.4) is 0 Å². The molecule has 1 N–H and O–H groups in total. The Morgan fingerprint density at radius 3 is 2.61 bits per heavy atom. The van der Waals surface area contributed by atoms with Crippen molar-refractivity contribution < 1.29 is 9.21 Å². The summed E-state index contributed by atoms with van der Waals surface area (Å²) in [5, 5.41) is 3.38. The SMILES string of the molecule is Cc1ccccc1-c1nc(CN2CCC(C(=O)NC3CCCC(C)C3C)CC2)c(C)o1. The van der Waals surface area contributed by atoms with Crippen LogP contribution in [0.2, 0.25) is 0 Å². The predicted octanol–water partition coefficient (Wildman–Crippen LogP) is 5.11. The van der Waals surface area contributed by atoms with Gasteiger partial charge < -0.3 is 9.73 Å². The predicted molar refractivity (Wildman–Crippen MR) is 124 cm³/mol. The second-order valence-corrected chi connectivity index (χ2v) is 9.77. The van der Waals surface area contributed by atoms with Crippen molar-refractivity contribution in [2.24, 2.45) is 17.8 Å². The van der Waals surface area contributed by atoms with Crippen molar-refractivity contribution >= 4 is 5.91 Å². The molecule has 0 radical (unpaired) electrons. The van der Waals surface area contributed by atoms with Crippen LogP contribution >= 0.6 is 0 Å². The average molecular weight is 424 g/mol. The standard InChI is InChI=1S/C26H37N3O2/c1-17-9-7-11-23(19(17)3)27-25(30)21-12-14-29(15-13-21)16-24-20(4)31-26(28-24)22-10-6-5-8-18(22)2/h5-6,8,10,17,19,21,23H,7,9,11-16H2,1-4H3,(H,27,30). The Morgan fingerprint density at radius 1 is 1.13 bits per heavy atom. The summed E-state index contributed by atoms with van der Waals surface area (Å²) in [5.41, 5.74) is 3.23. The third kappa shape index (κ3) is 5.03. The minimum absolute atomic E-state index is 0.140. The quantitative estimate of drug-likeness (QED) is 0.726. The molecule has 3 unspecified atom stereocenters. The van der Waals surface area contributed by atoms with Crippen LogP contribution in [0, 0.1) is 31.6 Å². The first-order valence-corrected chi connectivity index (χ1v) is 12.0. The zero-order valence-electron chi connectivity index (χ0n) is 19.5. The molecule has 1 aliphatic carbocycles. The summed E-state index contributed by atoms with van der Waals surface area (Å²) in [5.74, 6) is 3.28. The van der Waals surface area contributed by atoms with Crippen LogP contribution < -0.4 is 5.32 Å². The van der Waals surface area contributed by atoms with E-state index in [1.165, 1.54) is 18.4 Å². The van der Waals surface area contributed by atoms with Gasteiger partial charge in [0, 0.05) is 24.1 Å². The lowest BCUT2D eigenvalue weighted by atomic mass is 9.78. The van der Waals surface area contributed by atoms with E-state index in [0.29, 0.717) is 23.8 Å². The summed E-state index contributed by atoms with van der Waals surface area (Å²) < 4.78 is 5.98. The molecule has 2 fully saturated rings. The van der Waals surface area contributed by atoms with Crippen LogP contribution in [0.1, 0.15) is 63.0 Å². The van der Waals surface area contributed by atoms with Gasteiger partial charge in [0.2, 0.25) is 11.8 Å². The Bertz CT molecular complexity index is 898. The van der Waals surface area contributed by atoms with Crippen molar-refractivity contribution in [3.05, 3.63) is 41.3 Å². The highest BCUT2D eigenvalue weighted by atomic mass is 16.4. The van der Waals surface area contributed by atoms with E-state index in [4.69, 9.17) is 9.40 Å². The fraction of sp³-hybridized carbons (Fsp3) is 0.615. The molecule has 1 aromatic carbocycles. The van der Waals surface area contributed by atoms with Gasteiger partial charge in [0.25, 0.3) is 0 Å². The number of rotatable bonds is 5. The zero-order valence-corrected chi connectivity index (χ0v) is 19.5. The molecule has 3 atom stereocenters. The summed E-state index contributed by atoms with van der Waals surface area (Å²) in [6, 6.07) is 8.55. The van der Waals surface area contributed by atoms with E-state index in [1.807, 2.05) is 19.1 Å². The molecule has 5 heteroatoms. The van der Waals surface area contributed by atoms with Crippen LogP contribution in [-0.4, -0.2) is 34.9 Å². The molecule has 2 heterocycles. The first kappa shape index (κ1) is 22.1. The Kier molecular flexibility index (Phi) is 6.80. The van der Waals surface area contributed by atoms with Gasteiger partial charge >= 0.3 is 0 Å². The molecular formula is C26H37N3O2. The molecule has 2 aromatic rings. The van der Waals surface area contributed by atoms with E-state index in [9.17, 15) is 4.79 Å². The monoisotopic (exact) mass is 423 g/mol. The van der Waals surface area contributed by atoms with Crippen molar-refractivity contribution in [3.63, 3.8) is 0 Å². The van der Waals surface area contributed by atoms with Crippen molar-refractivity contribution in [2.75, 3.05) is 13.1 Å². The highest BCUT2D eigenvalue weighted by molar-refractivity contribution is 5.79. The molecular weight excluding hydrogens is 386 g/mol. The molecule has 31 heavy (non-hydrogen) atoms. The lowest BCUT2D eigenvalue weighted by molar-refractivity contribution is -0.128. The first-order valence-electron chi connectivity index (χ1n) is 12.0. The van der Waals surface area contributed by atoms with Gasteiger partial charge in [-0.05, 0) is 69.7 Å². The van der Waals surface area contributed by atoms with Gasteiger partial charge in [0.1, 0.15) is 5.76 Å². The number of carbonyl (C=O) groups is 1. The number of benzene rings is 1. The number of nitrogens with one attached hydrogen (secondary N) is 1. The third-order valence-electron chi connectivity index (χ3n) is 7.63. The summed E-state index contributed by atoms with van der Waals surface area (Å²) in [4.78, 5) is 20.1. The van der Waals surface area contributed by atoms with Gasteiger partial charge in [-0.1, -0.05) is 44.9 Å². The second-order valence-electron chi connectivity index (χ2n) is 9.77. The number of piperidine rings is 1. The number of hydrogen-bond acceptors (Lipinski definition) is 4. The normalized spacial score (nSPS) is 25.5. The molecule has 168 valence electrons. The Balaban J connectivity index is 1.30. The van der Waals surface area contributed by atoms with Crippen molar-refractivity contribution in [1.82, 2.24) is 15.2 Å². The lowest BCUT2D eigenvalue weighted by Crippen LogP contribution is -2.48. The molecule has 0 bridgehead atoms. The Labute approximate surface area is 186 Å². The van der Waals surface area contributed by atoms with Gasteiger partial charge in [0.15, 0.2) is 0 Å². The summed E-state index contributed by atoms with van der Waals surface area (Å²) in [6.07, 6.45) is 5.49. The van der Waals surface area contributed by atoms with Gasteiger partial charge in [-0.25, -0.2) is 4.98 Å². The largest absolute Gasteiger partial charge is 0.441 e. The van der Waals surface area contributed by atoms with Gasteiger partial charge in [-0.3, -0.25) is 9.69 Å². The van der Waals surface area contributed by atoms with Crippen LogP contribution in [0.4, 0.5) is 0 Å². The number of nitrogens with zero attached hydrogens (tertiary/aromatic N) is 2. The summed E-state index contributed by atoms with van der Waals surface area (Å²) in [6.45, 7) is 11.3. The van der Waals surface area contributed by atoms with Gasteiger partial charge in [-0.15, -0.1) is 0 Å². The average Bonchev–Trinajstić information content (AvgIpc) is 3.12. The minimum atomic E-state index is 0.140. The Hall–Kier alpha value is -2.14. The van der Waals surface area contributed by atoms with Crippen molar-refractivity contribution in [2.45, 2.75) is 72.4 Å². The number of likely N-dealkylation sites (tertiary alicyclic amines) is 1.